The Kier molecular flexibility index (Phi) is 5.94. The molecule has 0 unspecified atom stereocenters. The van der Waals surface area contributed by atoms with Crippen LogP contribution >= 0.6 is 11.3 Å². The van der Waals surface area contributed by atoms with Gasteiger partial charge in [0.2, 0.25) is 5.91 Å². The highest BCUT2D eigenvalue weighted by Crippen LogP contribution is 2.24. The molecule has 0 atom stereocenters. The highest BCUT2D eigenvalue weighted by Gasteiger charge is 2.21. The van der Waals surface area contributed by atoms with Gasteiger partial charge in [-0.05, 0) is 29.7 Å². The normalized spacial score (nSPS) is 12.8. The highest BCUT2D eigenvalue weighted by atomic mass is 32.1. The van der Waals surface area contributed by atoms with Crippen LogP contribution in [0.15, 0.2) is 53.9 Å². The molecule has 3 amide bonds. The van der Waals surface area contributed by atoms with Crippen molar-refractivity contribution < 1.29 is 14.3 Å². The SMILES string of the molecule is COc1ccccc1NC(=O)Nc1nc(CC(=O)N2CCc3ccccc3C2)cs1. The molecular formula is C22H22N4O3S. The van der Waals surface area contributed by atoms with E-state index in [4.69, 9.17) is 4.74 Å². The van der Waals surface area contributed by atoms with Crippen LogP contribution in [-0.4, -0.2) is 35.5 Å². The van der Waals surface area contributed by atoms with Crippen molar-refractivity contribution in [3.63, 3.8) is 0 Å². The number of nitrogens with one attached hydrogen (secondary N) is 2. The van der Waals surface area contributed by atoms with Crippen LogP contribution in [0, 0.1) is 0 Å². The highest BCUT2D eigenvalue weighted by molar-refractivity contribution is 7.14. The Morgan fingerprint density at radius 2 is 1.87 bits per heavy atom. The van der Waals surface area contributed by atoms with Crippen LogP contribution < -0.4 is 15.4 Å². The molecule has 154 valence electrons. The molecule has 2 aromatic carbocycles. The number of thiazole rings is 1. The number of para-hydroxylation sites is 2. The van der Waals surface area contributed by atoms with Crippen molar-refractivity contribution in [2.75, 3.05) is 24.3 Å². The van der Waals surface area contributed by atoms with Crippen molar-refractivity contribution >= 4 is 34.1 Å². The molecule has 8 heteroatoms. The molecule has 0 fully saturated rings. The van der Waals surface area contributed by atoms with E-state index in [1.54, 1.807) is 24.6 Å². The van der Waals surface area contributed by atoms with Crippen molar-refractivity contribution in [3.05, 3.63) is 70.7 Å². The topological polar surface area (TPSA) is 83.6 Å². The first-order chi connectivity index (χ1) is 14.6. The van der Waals surface area contributed by atoms with Gasteiger partial charge in [0.25, 0.3) is 0 Å². The number of ether oxygens (including phenoxy) is 1. The van der Waals surface area contributed by atoms with Gasteiger partial charge in [-0.2, -0.15) is 0 Å². The first-order valence-electron chi connectivity index (χ1n) is 9.62. The van der Waals surface area contributed by atoms with Crippen LogP contribution in [0.1, 0.15) is 16.8 Å². The predicted octanol–water partition coefficient (Wildman–Crippen LogP) is 3.92. The monoisotopic (exact) mass is 422 g/mol. The molecular weight excluding hydrogens is 400 g/mol. The summed E-state index contributed by atoms with van der Waals surface area (Å²) < 4.78 is 5.23. The number of nitrogens with zero attached hydrogens (tertiary/aromatic N) is 2. The lowest BCUT2D eigenvalue weighted by Crippen LogP contribution is -2.36. The fraction of sp³-hybridized carbons (Fsp3) is 0.227. The van der Waals surface area contributed by atoms with Gasteiger partial charge >= 0.3 is 6.03 Å². The van der Waals surface area contributed by atoms with Crippen molar-refractivity contribution in [1.29, 1.82) is 0 Å². The van der Waals surface area contributed by atoms with E-state index in [1.807, 2.05) is 29.2 Å². The van der Waals surface area contributed by atoms with E-state index in [0.717, 1.165) is 6.42 Å². The lowest BCUT2D eigenvalue weighted by molar-refractivity contribution is -0.131. The molecule has 0 saturated heterocycles. The van der Waals surface area contributed by atoms with Gasteiger partial charge < -0.3 is 15.0 Å². The molecule has 0 radical (unpaired) electrons. The largest absolute Gasteiger partial charge is 0.495 e. The Balaban J connectivity index is 1.33. The van der Waals surface area contributed by atoms with Gasteiger partial charge in [0.15, 0.2) is 5.13 Å². The van der Waals surface area contributed by atoms with E-state index < -0.39 is 6.03 Å². The minimum absolute atomic E-state index is 0.0415. The van der Waals surface area contributed by atoms with Crippen LogP contribution in [0.2, 0.25) is 0 Å². The Morgan fingerprint density at radius 1 is 1.10 bits per heavy atom. The number of urea groups is 1. The molecule has 30 heavy (non-hydrogen) atoms. The summed E-state index contributed by atoms with van der Waals surface area (Å²) in [7, 11) is 1.55. The lowest BCUT2D eigenvalue weighted by atomic mass is 10.00. The lowest BCUT2D eigenvalue weighted by Gasteiger charge is -2.28. The third-order valence-electron chi connectivity index (χ3n) is 4.94. The molecule has 1 aromatic heterocycles. The third kappa shape index (κ3) is 4.60. The van der Waals surface area contributed by atoms with Gasteiger partial charge in [-0.1, -0.05) is 36.4 Å². The number of fused-ring (bicyclic) bond motifs is 1. The Bertz CT molecular complexity index is 1070. The molecule has 0 spiro atoms. The minimum Gasteiger partial charge on any atom is -0.495 e. The standard InChI is InChI=1S/C22H22N4O3S/c1-29-19-9-5-4-8-18(19)24-21(28)25-22-23-17(14-30-22)12-20(27)26-11-10-15-6-2-3-7-16(15)13-26/h2-9,14H,10-13H2,1H3,(H2,23,24,25,28). The van der Waals surface area contributed by atoms with E-state index >= 15 is 0 Å². The summed E-state index contributed by atoms with van der Waals surface area (Å²) in [4.78, 5) is 31.2. The fourth-order valence-corrected chi connectivity index (χ4v) is 4.12. The zero-order valence-corrected chi connectivity index (χ0v) is 17.4. The number of methoxy groups -OCH3 is 1. The maximum absolute atomic E-state index is 12.7. The van der Waals surface area contributed by atoms with Crippen LogP contribution in [0.3, 0.4) is 0 Å². The number of rotatable bonds is 5. The summed E-state index contributed by atoms with van der Waals surface area (Å²) in [5.74, 6) is 0.612. The average Bonchev–Trinajstić information content (AvgIpc) is 3.20. The second-order valence-electron chi connectivity index (χ2n) is 6.93. The maximum atomic E-state index is 12.7. The zero-order valence-electron chi connectivity index (χ0n) is 16.6. The molecule has 0 aliphatic carbocycles. The van der Waals surface area contributed by atoms with E-state index in [1.165, 1.54) is 22.5 Å². The molecule has 7 nitrogen and oxygen atoms in total. The number of aromatic nitrogens is 1. The second kappa shape index (κ2) is 8.96. The first kappa shape index (κ1) is 19.9. The van der Waals surface area contributed by atoms with E-state index in [9.17, 15) is 9.59 Å². The summed E-state index contributed by atoms with van der Waals surface area (Å²) in [6.07, 6.45) is 1.09. The van der Waals surface area contributed by atoms with Crippen LogP contribution in [0.4, 0.5) is 15.6 Å². The Morgan fingerprint density at radius 3 is 2.70 bits per heavy atom. The molecule has 0 saturated carbocycles. The van der Waals surface area contributed by atoms with Crippen molar-refractivity contribution in [1.82, 2.24) is 9.88 Å². The Labute approximate surface area is 178 Å². The molecule has 2 heterocycles. The average molecular weight is 423 g/mol. The Hall–Kier alpha value is -3.39. The molecule has 1 aliphatic rings. The van der Waals surface area contributed by atoms with Gasteiger partial charge in [-0.25, -0.2) is 9.78 Å². The first-order valence-corrected chi connectivity index (χ1v) is 10.5. The smallest absolute Gasteiger partial charge is 0.325 e. The minimum atomic E-state index is -0.417. The van der Waals surface area contributed by atoms with E-state index in [-0.39, 0.29) is 12.3 Å². The number of hydrogen-bond donors (Lipinski definition) is 2. The summed E-state index contributed by atoms with van der Waals surface area (Å²) in [5, 5.41) is 7.68. The summed E-state index contributed by atoms with van der Waals surface area (Å²) in [6.45, 7) is 1.35. The molecule has 3 aromatic rings. The number of benzene rings is 2. The van der Waals surface area contributed by atoms with E-state index in [2.05, 4.69) is 27.8 Å². The van der Waals surface area contributed by atoms with Crippen LogP contribution in [0.5, 0.6) is 5.75 Å². The number of amides is 3. The molecule has 1 aliphatic heterocycles. The predicted molar refractivity (Wildman–Crippen MR) is 117 cm³/mol. The van der Waals surface area contributed by atoms with Gasteiger partial charge in [0.05, 0.1) is 24.9 Å². The number of carbonyl (C=O) groups is 2. The van der Waals surface area contributed by atoms with Crippen LogP contribution in [-0.2, 0) is 24.2 Å². The number of anilines is 2. The van der Waals surface area contributed by atoms with Crippen molar-refractivity contribution in [2.45, 2.75) is 19.4 Å². The van der Waals surface area contributed by atoms with Gasteiger partial charge in [0, 0.05) is 18.5 Å². The number of carbonyl (C=O) groups excluding carboxylic acids is 2. The van der Waals surface area contributed by atoms with Gasteiger partial charge in [-0.3, -0.25) is 10.1 Å². The summed E-state index contributed by atoms with van der Waals surface area (Å²) in [5.41, 5.74) is 3.72. The van der Waals surface area contributed by atoms with E-state index in [0.29, 0.717) is 35.4 Å². The quantitative estimate of drug-likeness (QED) is 0.653. The van der Waals surface area contributed by atoms with Gasteiger partial charge in [-0.15, -0.1) is 11.3 Å². The fourth-order valence-electron chi connectivity index (χ4n) is 3.42. The van der Waals surface area contributed by atoms with Crippen molar-refractivity contribution in [3.8, 4) is 5.75 Å². The second-order valence-corrected chi connectivity index (χ2v) is 7.79. The van der Waals surface area contributed by atoms with Crippen LogP contribution in [0.25, 0.3) is 0 Å². The maximum Gasteiger partial charge on any atom is 0.325 e. The number of hydrogen-bond acceptors (Lipinski definition) is 5. The summed E-state index contributed by atoms with van der Waals surface area (Å²) in [6, 6.07) is 15.0. The summed E-state index contributed by atoms with van der Waals surface area (Å²) >= 11 is 1.29. The molecule has 4 rings (SSSR count). The third-order valence-corrected chi connectivity index (χ3v) is 5.75. The van der Waals surface area contributed by atoms with Crippen molar-refractivity contribution in [2.24, 2.45) is 0 Å². The zero-order chi connectivity index (χ0) is 20.9. The molecule has 0 bridgehead atoms. The molecule has 2 N–H and O–H groups in total. The van der Waals surface area contributed by atoms with Gasteiger partial charge in [0.1, 0.15) is 5.75 Å².